The van der Waals surface area contributed by atoms with Gasteiger partial charge >= 0.3 is 0 Å². The van der Waals surface area contributed by atoms with Crippen LogP contribution < -0.4 is 10.2 Å². The number of piperidine rings is 1. The first-order valence-electron chi connectivity index (χ1n) is 10.3. The van der Waals surface area contributed by atoms with E-state index in [1.165, 1.54) is 0 Å². The molecular weight excluding hydrogens is 396 g/mol. The van der Waals surface area contributed by atoms with Crippen molar-refractivity contribution < 1.29 is 5.11 Å². The molecule has 0 unspecified atom stereocenters. The highest BCUT2D eigenvalue weighted by Gasteiger charge is 2.39. The van der Waals surface area contributed by atoms with Gasteiger partial charge in [0.25, 0.3) is 0 Å². The number of anilines is 1. The van der Waals surface area contributed by atoms with Gasteiger partial charge in [-0.1, -0.05) is 23.7 Å². The van der Waals surface area contributed by atoms with E-state index in [9.17, 15) is 5.11 Å². The molecule has 0 amide bonds. The molecule has 4 rings (SSSR count). The van der Waals surface area contributed by atoms with E-state index in [-0.39, 0.29) is 16.8 Å². The zero-order valence-electron chi connectivity index (χ0n) is 18.2. The maximum atomic E-state index is 10.5. The molecule has 1 saturated heterocycles. The molecule has 0 radical (unpaired) electrons. The Morgan fingerprint density at radius 1 is 1.03 bits per heavy atom. The largest absolute Gasteiger partial charge is 0.507 e. The maximum absolute atomic E-state index is 10.5. The molecule has 5 nitrogen and oxygen atoms in total. The first-order valence-corrected chi connectivity index (χ1v) is 10.7. The molecule has 2 N–H and O–H groups in total. The lowest BCUT2D eigenvalue weighted by Gasteiger charge is -2.49. The second-order valence-electron chi connectivity index (χ2n) is 9.67. The Kier molecular flexibility index (Phi) is 5.15. The Hall–Kier alpha value is -2.37. The highest BCUT2D eigenvalue weighted by molar-refractivity contribution is 6.35. The Morgan fingerprint density at radius 3 is 2.37 bits per heavy atom. The van der Waals surface area contributed by atoms with Crippen molar-refractivity contribution in [2.45, 2.75) is 57.7 Å². The zero-order chi connectivity index (χ0) is 21.7. The Balaban J connectivity index is 1.62. The van der Waals surface area contributed by atoms with Gasteiger partial charge in [-0.25, -0.2) is 0 Å². The van der Waals surface area contributed by atoms with Crippen molar-refractivity contribution in [1.82, 2.24) is 15.5 Å². The summed E-state index contributed by atoms with van der Waals surface area (Å²) in [7, 11) is 2.08. The summed E-state index contributed by atoms with van der Waals surface area (Å²) in [5, 5.41) is 25.6. The molecule has 0 spiro atoms. The molecule has 0 saturated carbocycles. The number of nitrogens with zero attached hydrogens (tertiary/aromatic N) is 3. The number of rotatable bonds is 3. The summed E-state index contributed by atoms with van der Waals surface area (Å²) in [6.45, 7) is 8.99. The predicted molar refractivity (Wildman–Crippen MR) is 124 cm³/mol. The monoisotopic (exact) mass is 424 g/mol. The normalized spacial score (nSPS) is 18.5. The summed E-state index contributed by atoms with van der Waals surface area (Å²) < 4.78 is 0. The minimum absolute atomic E-state index is 0.0617. The topological polar surface area (TPSA) is 61.3 Å². The number of fused-ring (bicyclic) bond motifs is 1. The van der Waals surface area contributed by atoms with E-state index in [2.05, 4.69) is 55.2 Å². The molecule has 1 aliphatic heterocycles. The molecular formula is C24H29ClN4O. The van der Waals surface area contributed by atoms with Crippen LogP contribution >= 0.6 is 11.6 Å². The maximum Gasteiger partial charge on any atom is 0.151 e. The summed E-state index contributed by atoms with van der Waals surface area (Å²) in [5.41, 5.74) is 1.41. The third kappa shape index (κ3) is 4.09. The van der Waals surface area contributed by atoms with Gasteiger partial charge in [0.2, 0.25) is 0 Å². The minimum atomic E-state index is 0.0617. The van der Waals surface area contributed by atoms with Gasteiger partial charge < -0.3 is 15.3 Å². The highest BCUT2D eigenvalue weighted by atomic mass is 35.5. The second kappa shape index (κ2) is 7.40. The zero-order valence-corrected chi connectivity index (χ0v) is 19.0. The van der Waals surface area contributed by atoms with E-state index >= 15 is 0 Å². The van der Waals surface area contributed by atoms with E-state index in [1.54, 1.807) is 6.07 Å². The van der Waals surface area contributed by atoms with Crippen LogP contribution in [0.4, 0.5) is 5.82 Å². The summed E-state index contributed by atoms with van der Waals surface area (Å²) >= 11 is 6.25. The number of benzene rings is 2. The van der Waals surface area contributed by atoms with E-state index in [1.807, 2.05) is 36.4 Å². The van der Waals surface area contributed by atoms with Crippen LogP contribution in [0.3, 0.4) is 0 Å². The fraction of sp³-hybridized carbons (Fsp3) is 0.417. The molecule has 1 aliphatic rings. The summed E-state index contributed by atoms with van der Waals surface area (Å²) in [4.78, 5) is 2.22. The van der Waals surface area contributed by atoms with Gasteiger partial charge in [-0.2, -0.15) is 0 Å². The van der Waals surface area contributed by atoms with Crippen molar-refractivity contribution in [2.24, 2.45) is 0 Å². The fourth-order valence-electron chi connectivity index (χ4n) is 4.87. The lowest BCUT2D eigenvalue weighted by molar-refractivity contribution is 0.160. The van der Waals surface area contributed by atoms with Crippen molar-refractivity contribution in [3.05, 3.63) is 47.5 Å². The van der Waals surface area contributed by atoms with Crippen molar-refractivity contribution in [1.29, 1.82) is 0 Å². The molecule has 158 valence electrons. The quantitative estimate of drug-likeness (QED) is 0.589. The third-order valence-corrected chi connectivity index (χ3v) is 6.28. The molecule has 2 aromatic carbocycles. The summed E-state index contributed by atoms with van der Waals surface area (Å²) in [6, 6.07) is 13.5. The van der Waals surface area contributed by atoms with E-state index < -0.39 is 0 Å². The average Bonchev–Trinajstić information content (AvgIpc) is 2.65. The van der Waals surface area contributed by atoms with Crippen LogP contribution in [-0.4, -0.2) is 39.5 Å². The van der Waals surface area contributed by atoms with Crippen molar-refractivity contribution in [3.8, 4) is 17.0 Å². The van der Waals surface area contributed by atoms with Crippen LogP contribution in [0.15, 0.2) is 42.5 Å². The Morgan fingerprint density at radius 2 is 1.73 bits per heavy atom. The van der Waals surface area contributed by atoms with Gasteiger partial charge in [0, 0.05) is 40.1 Å². The van der Waals surface area contributed by atoms with Crippen LogP contribution in [0.25, 0.3) is 22.0 Å². The van der Waals surface area contributed by atoms with Crippen molar-refractivity contribution in [3.63, 3.8) is 0 Å². The lowest BCUT2D eigenvalue weighted by atomic mass is 9.79. The average molecular weight is 425 g/mol. The number of hydrogen-bond donors (Lipinski definition) is 2. The molecule has 0 bridgehead atoms. The summed E-state index contributed by atoms with van der Waals surface area (Å²) in [5.74, 6) is 0.980. The molecule has 1 fully saturated rings. The standard InChI is InChI=1S/C24H29ClN4O/c1-23(2)13-16(14-24(3,4)28-23)29(5)22-10-9-20(26-27-22)18-11-15-7-6-8-19(25)17(15)12-21(18)30/h6-12,16,28,30H,13-14H2,1-5H3. The number of aromatic nitrogens is 2. The van der Waals surface area contributed by atoms with Gasteiger partial charge in [-0.05, 0) is 76.3 Å². The molecule has 6 heteroatoms. The van der Waals surface area contributed by atoms with Gasteiger partial charge in [0.1, 0.15) is 5.75 Å². The van der Waals surface area contributed by atoms with Gasteiger partial charge in [-0.15, -0.1) is 10.2 Å². The first kappa shape index (κ1) is 20.9. The molecule has 0 aliphatic carbocycles. The smallest absolute Gasteiger partial charge is 0.151 e. The predicted octanol–water partition coefficient (Wildman–Crippen LogP) is 5.40. The molecule has 1 aromatic heterocycles. The van der Waals surface area contributed by atoms with Crippen molar-refractivity contribution in [2.75, 3.05) is 11.9 Å². The Bertz CT molecular complexity index is 1060. The first-order chi connectivity index (χ1) is 14.0. The SMILES string of the molecule is CN(c1ccc(-c2cc3cccc(Cl)c3cc2O)nn1)C1CC(C)(C)NC(C)(C)C1. The number of aromatic hydroxyl groups is 1. The number of hydrogen-bond acceptors (Lipinski definition) is 5. The molecule has 3 aromatic rings. The van der Waals surface area contributed by atoms with E-state index in [0.29, 0.717) is 22.3 Å². The van der Waals surface area contributed by atoms with Gasteiger partial charge in [0.15, 0.2) is 5.82 Å². The van der Waals surface area contributed by atoms with E-state index in [4.69, 9.17) is 11.6 Å². The van der Waals surface area contributed by atoms with Crippen LogP contribution in [0.5, 0.6) is 5.75 Å². The molecule has 0 atom stereocenters. The highest BCUT2D eigenvalue weighted by Crippen LogP contribution is 2.36. The second-order valence-corrected chi connectivity index (χ2v) is 10.1. The van der Waals surface area contributed by atoms with Crippen LogP contribution in [0, 0.1) is 0 Å². The summed E-state index contributed by atoms with van der Waals surface area (Å²) in [6.07, 6.45) is 2.06. The fourth-order valence-corrected chi connectivity index (χ4v) is 5.10. The van der Waals surface area contributed by atoms with Crippen LogP contribution in [0.2, 0.25) is 5.02 Å². The molecule has 2 heterocycles. The van der Waals surface area contributed by atoms with E-state index in [0.717, 1.165) is 29.4 Å². The van der Waals surface area contributed by atoms with Crippen molar-refractivity contribution >= 4 is 28.2 Å². The van der Waals surface area contributed by atoms with Gasteiger partial charge in [-0.3, -0.25) is 0 Å². The van der Waals surface area contributed by atoms with Crippen LogP contribution in [0.1, 0.15) is 40.5 Å². The number of phenolic OH excluding ortho intramolecular Hbond substituents is 1. The number of halogens is 1. The lowest BCUT2D eigenvalue weighted by Crippen LogP contribution is -2.62. The third-order valence-electron chi connectivity index (χ3n) is 5.95. The molecule has 30 heavy (non-hydrogen) atoms. The Labute approximate surface area is 183 Å². The minimum Gasteiger partial charge on any atom is -0.507 e. The number of nitrogens with one attached hydrogen (secondary N) is 1. The van der Waals surface area contributed by atoms with Gasteiger partial charge in [0.05, 0.1) is 5.69 Å². The number of phenols is 1. The van der Waals surface area contributed by atoms with Crippen LogP contribution in [-0.2, 0) is 0 Å².